The van der Waals surface area contributed by atoms with Gasteiger partial charge in [0.15, 0.2) is 5.82 Å². The first-order chi connectivity index (χ1) is 12.0. The van der Waals surface area contributed by atoms with Crippen molar-refractivity contribution in [2.24, 2.45) is 0 Å². The number of hydrogen-bond donors (Lipinski definition) is 0. The Morgan fingerprint density at radius 2 is 2.12 bits per heavy atom. The van der Waals surface area contributed by atoms with Gasteiger partial charge >= 0.3 is 5.63 Å². The number of likely N-dealkylation sites (N-methyl/N-ethyl adjacent to an activating group) is 1. The second kappa shape index (κ2) is 7.48. The summed E-state index contributed by atoms with van der Waals surface area (Å²) in [6, 6.07) is 7.01. The number of aromatic nitrogens is 2. The summed E-state index contributed by atoms with van der Waals surface area (Å²) in [6.07, 6.45) is 0.758. The van der Waals surface area contributed by atoms with E-state index in [-0.39, 0.29) is 5.63 Å². The highest BCUT2D eigenvalue weighted by Crippen LogP contribution is 2.22. The molecule has 0 atom stereocenters. The monoisotopic (exact) mass is 343 g/mol. The highest BCUT2D eigenvalue weighted by Gasteiger charge is 2.09. The molecule has 0 aliphatic carbocycles. The SMILES string of the molecule is CCc1noc(CN(C)CCOc2ccc3c(C)cc(=O)oc3c2)n1. The van der Waals surface area contributed by atoms with Crippen molar-refractivity contribution in [1.29, 1.82) is 0 Å². The number of ether oxygens (including phenoxy) is 1. The quantitative estimate of drug-likeness (QED) is 0.610. The van der Waals surface area contributed by atoms with Crippen LogP contribution in [0.5, 0.6) is 5.75 Å². The van der Waals surface area contributed by atoms with E-state index in [0.717, 1.165) is 17.4 Å². The smallest absolute Gasteiger partial charge is 0.336 e. The predicted molar refractivity (Wildman–Crippen MR) is 92.7 cm³/mol. The molecular weight excluding hydrogens is 322 g/mol. The summed E-state index contributed by atoms with van der Waals surface area (Å²) in [5.74, 6) is 1.98. The molecule has 0 aliphatic heterocycles. The van der Waals surface area contributed by atoms with Crippen molar-refractivity contribution in [3.63, 3.8) is 0 Å². The Bertz CT molecular complexity index is 916. The Kier molecular flexibility index (Phi) is 5.14. The fraction of sp³-hybridized carbons (Fsp3) is 0.389. The van der Waals surface area contributed by atoms with Gasteiger partial charge in [0.25, 0.3) is 0 Å². The van der Waals surface area contributed by atoms with E-state index in [2.05, 4.69) is 10.1 Å². The summed E-state index contributed by atoms with van der Waals surface area (Å²) in [5.41, 5.74) is 1.07. The molecule has 2 aromatic heterocycles. The molecule has 0 saturated carbocycles. The first-order valence-electron chi connectivity index (χ1n) is 8.22. The highest BCUT2D eigenvalue weighted by molar-refractivity contribution is 5.81. The Morgan fingerprint density at radius 1 is 1.28 bits per heavy atom. The fourth-order valence-corrected chi connectivity index (χ4v) is 2.52. The van der Waals surface area contributed by atoms with Gasteiger partial charge in [-0.25, -0.2) is 4.79 Å². The lowest BCUT2D eigenvalue weighted by atomic mass is 10.1. The molecule has 25 heavy (non-hydrogen) atoms. The molecule has 0 spiro atoms. The van der Waals surface area contributed by atoms with Gasteiger partial charge in [0.05, 0.1) is 6.54 Å². The fourth-order valence-electron chi connectivity index (χ4n) is 2.52. The molecule has 0 aliphatic rings. The minimum Gasteiger partial charge on any atom is -0.492 e. The van der Waals surface area contributed by atoms with E-state index < -0.39 is 0 Å². The lowest BCUT2D eigenvalue weighted by Gasteiger charge is -2.14. The largest absolute Gasteiger partial charge is 0.492 e. The lowest BCUT2D eigenvalue weighted by molar-refractivity contribution is 0.212. The maximum Gasteiger partial charge on any atom is 0.336 e. The molecule has 1 aromatic carbocycles. The molecule has 3 aromatic rings. The van der Waals surface area contributed by atoms with Gasteiger partial charge in [-0.1, -0.05) is 12.1 Å². The Hall–Kier alpha value is -2.67. The third kappa shape index (κ3) is 4.24. The van der Waals surface area contributed by atoms with Crippen molar-refractivity contribution in [3.05, 3.63) is 52.0 Å². The van der Waals surface area contributed by atoms with E-state index in [1.165, 1.54) is 6.07 Å². The summed E-state index contributed by atoms with van der Waals surface area (Å²) < 4.78 is 16.2. The van der Waals surface area contributed by atoms with Crippen molar-refractivity contribution in [3.8, 4) is 5.75 Å². The zero-order valence-electron chi connectivity index (χ0n) is 14.6. The summed E-state index contributed by atoms with van der Waals surface area (Å²) in [6.45, 7) is 5.63. The summed E-state index contributed by atoms with van der Waals surface area (Å²) in [5, 5.41) is 4.79. The first-order valence-corrected chi connectivity index (χ1v) is 8.22. The van der Waals surface area contributed by atoms with E-state index in [4.69, 9.17) is 13.7 Å². The van der Waals surface area contributed by atoms with Crippen LogP contribution in [0.3, 0.4) is 0 Å². The number of fused-ring (bicyclic) bond motifs is 1. The van der Waals surface area contributed by atoms with E-state index in [0.29, 0.717) is 42.7 Å². The van der Waals surface area contributed by atoms with Crippen molar-refractivity contribution in [1.82, 2.24) is 15.0 Å². The molecule has 0 saturated heterocycles. The molecule has 7 heteroatoms. The van der Waals surface area contributed by atoms with Crippen LogP contribution in [-0.2, 0) is 13.0 Å². The van der Waals surface area contributed by atoms with Gasteiger partial charge < -0.3 is 13.7 Å². The third-order valence-corrected chi connectivity index (χ3v) is 3.90. The second-order valence-corrected chi connectivity index (χ2v) is 5.95. The molecule has 0 radical (unpaired) electrons. The zero-order chi connectivity index (χ0) is 17.8. The minimum atomic E-state index is -0.354. The van der Waals surface area contributed by atoms with Crippen LogP contribution in [0.15, 0.2) is 38.0 Å². The summed E-state index contributed by atoms with van der Waals surface area (Å²) >= 11 is 0. The Labute approximate surface area is 145 Å². The van der Waals surface area contributed by atoms with Crippen molar-refractivity contribution >= 4 is 11.0 Å². The number of rotatable bonds is 7. The van der Waals surface area contributed by atoms with Gasteiger partial charge in [-0.05, 0) is 31.7 Å². The van der Waals surface area contributed by atoms with Gasteiger partial charge in [-0.3, -0.25) is 4.90 Å². The molecule has 0 amide bonds. The number of hydrogen-bond acceptors (Lipinski definition) is 7. The van der Waals surface area contributed by atoms with Crippen molar-refractivity contribution in [2.45, 2.75) is 26.8 Å². The lowest BCUT2D eigenvalue weighted by Crippen LogP contribution is -2.24. The van der Waals surface area contributed by atoms with Crippen LogP contribution in [-0.4, -0.2) is 35.2 Å². The number of nitrogens with zero attached hydrogens (tertiary/aromatic N) is 3. The molecule has 132 valence electrons. The standard InChI is InChI=1S/C18H21N3O4/c1-4-16-19-17(25-20-16)11-21(3)7-8-23-13-5-6-14-12(2)9-18(22)24-15(14)10-13/h5-6,9-10H,4,7-8,11H2,1-3H3. The van der Waals surface area contributed by atoms with Gasteiger partial charge in [-0.2, -0.15) is 4.98 Å². The van der Waals surface area contributed by atoms with Crippen molar-refractivity contribution < 1.29 is 13.7 Å². The normalized spacial score (nSPS) is 11.4. The van der Waals surface area contributed by atoms with Crippen LogP contribution < -0.4 is 10.4 Å². The predicted octanol–water partition coefficient (Wildman–Crippen LogP) is 2.56. The molecule has 0 bridgehead atoms. The maximum absolute atomic E-state index is 11.5. The van der Waals surface area contributed by atoms with Gasteiger partial charge in [0.1, 0.15) is 17.9 Å². The summed E-state index contributed by atoms with van der Waals surface area (Å²) in [4.78, 5) is 17.8. The third-order valence-electron chi connectivity index (χ3n) is 3.90. The van der Waals surface area contributed by atoms with Crippen LogP contribution in [0.2, 0.25) is 0 Å². The van der Waals surface area contributed by atoms with E-state index in [1.54, 1.807) is 6.07 Å². The van der Waals surface area contributed by atoms with Crippen LogP contribution in [0.25, 0.3) is 11.0 Å². The molecule has 0 N–H and O–H groups in total. The Morgan fingerprint density at radius 3 is 2.88 bits per heavy atom. The molecule has 0 fully saturated rings. The average Bonchev–Trinajstić information content (AvgIpc) is 3.02. The number of benzene rings is 1. The van der Waals surface area contributed by atoms with E-state index in [9.17, 15) is 4.79 Å². The molecule has 3 rings (SSSR count). The van der Waals surface area contributed by atoms with Gasteiger partial charge in [-0.15, -0.1) is 0 Å². The second-order valence-electron chi connectivity index (χ2n) is 5.95. The van der Waals surface area contributed by atoms with Crippen LogP contribution >= 0.6 is 0 Å². The molecule has 7 nitrogen and oxygen atoms in total. The van der Waals surface area contributed by atoms with Crippen LogP contribution in [0, 0.1) is 6.92 Å². The number of aryl methyl sites for hydroxylation is 2. The molecule has 2 heterocycles. The topological polar surface area (TPSA) is 81.6 Å². The highest BCUT2D eigenvalue weighted by atomic mass is 16.5. The van der Waals surface area contributed by atoms with E-state index in [1.807, 2.05) is 37.9 Å². The Balaban J connectivity index is 1.56. The van der Waals surface area contributed by atoms with Gasteiger partial charge in [0.2, 0.25) is 5.89 Å². The van der Waals surface area contributed by atoms with E-state index >= 15 is 0 Å². The maximum atomic E-state index is 11.5. The van der Waals surface area contributed by atoms with Crippen LogP contribution in [0.1, 0.15) is 24.2 Å². The van der Waals surface area contributed by atoms with Crippen LogP contribution in [0.4, 0.5) is 0 Å². The van der Waals surface area contributed by atoms with Crippen molar-refractivity contribution in [2.75, 3.05) is 20.2 Å². The first kappa shape index (κ1) is 17.2. The molecule has 0 unspecified atom stereocenters. The minimum absolute atomic E-state index is 0.354. The average molecular weight is 343 g/mol. The zero-order valence-corrected chi connectivity index (χ0v) is 14.6. The summed E-state index contributed by atoms with van der Waals surface area (Å²) in [7, 11) is 1.96. The molecular formula is C18H21N3O4. The van der Waals surface area contributed by atoms with Gasteiger partial charge in [0, 0.05) is 30.5 Å².